The van der Waals surface area contributed by atoms with E-state index in [9.17, 15) is 35.1 Å². The summed E-state index contributed by atoms with van der Waals surface area (Å²) >= 11 is 0. The maximum absolute atomic E-state index is 12.5. The zero-order chi connectivity index (χ0) is 29.8. The predicted octanol–water partition coefficient (Wildman–Crippen LogP) is 5.25. The number of allylic oxidation sites excluding steroid dienone is 1. The van der Waals surface area contributed by atoms with Crippen LogP contribution in [0.25, 0.3) is 5.70 Å². The van der Waals surface area contributed by atoms with Crippen molar-refractivity contribution in [1.29, 1.82) is 0 Å². The molecule has 0 saturated heterocycles. The molecule has 2 N–H and O–H groups in total. The molecule has 0 saturated carbocycles. The molecule has 1 heterocycles. The van der Waals surface area contributed by atoms with Gasteiger partial charge in [-0.15, -0.1) is 0 Å². The molecule has 0 radical (unpaired) electrons. The summed E-state index contributed by atoms with van der Waals surface area (Å²) in [4.78, 5) is 44.3. The van der Waals surface area contributed by atoms with Crippen molar-refractivity contribution in [1.82, 2.24) is 10.3 Å². The molecule has 13 heteroatoms. The molecule has 0 unspecified atom stereocenters. The van der Waals surface area contributed by atoms with Crippen LogP contribution in [0.5, 0.6) is 5.75 Å². The summed E-state index contributed by atoms with van der Waals surface area (Å²) < 4.78 is 0. The lowest BCUT2D eigenvalue weighted by atomic mass is 10.1. The first-order chi connectivity index (χ1) is 19.7. The lowest BCUT2D eigenvalue weighted by molar-refractivity contribution is -0.404. The lowest BCUT2D eigenvalue weighted by Gasteiger charge is -2.11. The minimum absolute atomic E-state index is 0.00383. The molecule has 13 nitrogen and oxygen atoms in total. The fourth-order valence-corrected chi connectivity index (χ4v) is 3.54. The normalized spacial score (nSPS) is 10.6. The van der Waals surface area contributed by atoms with Crippen LogP contribution in [0, 0.1) is 30.3 Å². The SMILES string of the molecule is O=C(/C=C(\NCCc1ccncc1)c1ccccc1)c1ccccc1.O=[N+]([O-])c1cc([N+](=O)[O-])c(O)c([N+](=O)[O-])c1. The van der Waals surface area contributed by atoms with Gasteiger partial charge in [-0.25, -0.2) is 0 Å². The minimum atomic E-state index is -1.21. The van der Waals surface area contributed by atoms with Crippen molar-refractivity contribution in [3.63, 3.8) is 0 Å². The average Bonchev–Trinajstić information content (AvgIpc) is 2.98. The first-order valence-corrected chi connectivity index (χ1v) is 12.0. The molecule has 0 amide bonds. The van der Waals surface area contributed by atoms with Crippen molar-refractivity contribution in [2.45, 2.75) is 6.42 Å². The second kappa shape index (κ2) is 14.2. The van der Waals surface area contributed by atoms with Crippen molar-refractivity contribution >= 4 is 28.5 Å². The minimum Gasteiger partial charge on any atom is -0.497 e. The maximum Gasteiger partial charge on any atom is 0.324 e. The topological polar surface area (TPSA) is 192 Å². The summed E-state index contributed by atoms with van der Waals surface area (Å²) in [7, 11) is 0. The van der Waals surface area contributed by atoms with E-state index in [1.54, 1.807) is 18.5 Å². The Kier molecular flexibility index (Phi) is 10.3. The molecule has 4 rings (SSSR count). The summed E-state index contributed by atoms with van der Waals surface area (Å²) in [6.45, 7) is 0.743. The second-order valence-electron chi connectivity index (χ2n) is 8.29. The van der Waals surface area contributed by atoms with Crippen LogP contribution in [0.15, 0.2) is 103 Å². The third kappa shape index (κ3) is 8.51. The van der Waals surface area contributed by atoms with Crippen molar-refractivity contribution in [2.75, 3.05) is 6.54 Å². The number of ketones is 1. The van der Waals surface area contributed by atoms with Crippen LogP contribution in [0.2, 0.25) is 0 Å². The summed E-state index contributed by atoms with van der Waals surface area (Å²) in [6.07, 6.45) is 6.13. The van der Waals surface area contributed by atoms with Crippen molar-refractivity contribution < 1.29 is 24.7 Å². The highest BCUT2D eigenvalue weighted by Crippen LogP contribution is 2.38. The largest absolute Gasteiger partial charge is 0.497 e. The monoisotopic (exact) mass is 557 g/mol. The molecule has 0 aliphatic carbocycles. The fraction of sp³-hybridized carbons (Fsp3) is 0.0714. The zero-order valence-electron chi connectivity index (χ0n) is 21.3. The number of phenols is 1. The highest BCUT2D eigenvalue weighted by atomic mass is 16.6. The van der Waals surface area contributed by atoms with Crippen LogP contribution in [0.3, 0.4) is 0 Å². The number of carbonyl (C=O) groups excluding carboxylic acids is 1. The van der Waals surface area contributed by atoms with Gasteiger partial charge >= 0.3 is 11.4 Å². The van der Waals surface area contributed by atoms with Gasteiger partial charge in [0, 0.05) is 36.3 Å². The summed E-state index contributed by atoms with van der Waals surface area (Å²) in [5, 5.41) is 43.6. The number of aromatic hydroxyl groups is 1. The number of aromatic nitrogens is 1. The third-order valence-electron chi connectivity index (χ3n) is 5.56. The van der Waals surface area contributed by atoms with E-state index in [0.29, 0.717) is 17.7 Å². The van der Waals surface area contributed by atoms with Crippen LogP contribution >= 0.6 is 0 Å². The lowest BCUT2D eigenvalue weighted by Crippen LogP contribution is -2.17. The molecule has 0 aliphatic rings. The van der Waals surface area contributed by atoms with Gasteiger partial charge in [0.25, 0.3) is 11.4 Å². The fourth-order valence-electron chi connectivity index (χ4n) is 3.54. The smallest absolute Gasteiger partial charge is 0.324 e. The maximum atomic E-state index is 12.5. The Morgan fingerprint density at radius 2 is 1.29 bits per heavy atom. The Labute approximate surface area is 232 Å². The Morgan fingerprint density at radius 3 is 1.78 bits per heavy atom. The number of pyridine rings is 1. The van der Waals surface area contributed by atoms with E-state index < -0.39 is 37.6 Å². The number of rotatable bonds is 10. The van der Waals surface area contributed by atoms with Gasteiger partial charge in [0.15, 0.2) is 5.78 Å². The molecule has 1 aromatic heterocycles. The number of carbonyl (C=O) groups is 1. The van der Waals surface area contributed by atoms with Gasteiger partial charge in [0.1, 0.15) is 0 Å². The third-order valence-corrected chi connectivity index (χ3v) is 5.56. The Bertz CT molecular complexity index is 1530. The number of phenolic OH excluding ortho intramolecular Hbond substituents is 1. The Balaban J connectivity index is 0.000000250. The van der Waals surface area contributed by atoms with Crippen LogP contribution in [0.4, 0.5) is 17.1 Å². The molecular formula is C28H23N5O8. The van der Waals surface area contributed by atoms with E-state index in [1.165, 1.54) is 5.56 Å². The van der Waals surface area contributed by atoms with E-state index >= 15 is 0 Å². The van der Waals surface area contributed by atoms with Crippen molar-refractivity contribution in [3.8, 4) is 5.75 Å². The number of nitrogens with zero attached hydrogens (tertiary/aromatic N) is 4. The molecule has 0 spiro atoms. The van der Waals surface area contributed by atoms with Gasteiger partial charge in [-0.3, -0.25) is 40.1 Å². The van der Waals surface area contributed by atoms with Gasteiger partial charge in [0.05, 0.1) is 26.9 Å². The van der Waals surface area contributed by atoms with Crippen molar-refractivity contribution in [2.24, 2.45) is 0 Å². The highest BCUT2D eigenvalue weighted by molar-refractivity contribution is 6.08. The number of non-ortho nitro benzene ring substituents is 1. The van der Waals surface area contributed by atoms with Crippen molar-refractivity contribution in [3.05, 3.63) is 150 Å². The molecule has 0 bridgehead atoms. The Hall–Kier alpha value is -5.98. The average molecular weight is 558 g/mol. The van der Waals surface area contributed by atoms with E-state index in [2.05, 4.69) is 10.3 Å². The van der Waals surface area contributed by atoms with Crippen LogP contribution in [-0.4, -0.2) is 37.2 Å². The standard InChI is InChI=1S/C22H20N2O.C6H3N3O7/c25-22(20-9-5-2-6-10-20)17-21(19-7-3-1-4-8-19)24-16-13-18-11-14-23-15-12-18;10-6-4(8(13)14)1-3(7(11)12)2-5(6)9(15)16/h1-12,14-15,17,24H,13,16H2;1-2,10H/b21-17-;. The van der Waals surface area contributed by atoms with Gasteiger partial charge in [-0.2, -0.15) is 0 Å². The van der Waals surface area contributed by atoms with Gasteiger partial charge in [-0.1, -0.05) is 60.7 Å². The molecular weight excluding hydrogens is 534 g/mol. The second-order valence-corrected chi connectivity index (χ2v) is 8.29. The number of benzene rings is 3. The number of nitrogens with one attached hydrogen (secondary N) is 1. The molecule has 208 valence electrons. The summed E-state index contributed by atoms with van der Waals surface area (Å²) in [5.41, 5.74) is 0.735. The first kappa shape index (κ1) is 29.6. The molecule has 3 aromatic carbocycles. The molecule has 0 aliphatic heterocycles. The first-order valence-electron chi connectivity index (χ1n) is 12.0. The quantitative estimate of drug-likeness (QED) is 0.112. The van der Waals surface area contributed by atoms with E-state index in [1.807, 2.05) is 72.8 Å². The molecule has 4 aromatic rings. The highest BCUT2D eigenvalue weighted by Gasteiger charge is 2.30. The molecule has 0 atom stereocenters. The van der Waals surface area contributed by atoms with Gasteiger partial charge < -0.3 is 10.4 Å². The Morgan fingerprint density at radius 1 is 0.780 bits per heavy atom. The van der Waals surface area contributed by atoms with E-state index in [4.69, 9.17) is 5.11 Å². The summed E-state index contributed by atoms with van der Waals surface area (Å²) in [5.74, 6) is -1.21. The predicted molar refractivity (Wildman–Crippen MR) is 149 cm³/mol. The van der Waals surface area contributed by atoms with Crippen LogP contribution in [-0.2, 0) is 6.42 Å². The van der Waals surface area contributed by atoms with Gasteiger partial charge in [-0.05, 0) is 29.7 Å². The number of hydrogen-bond acceptors (Lipinski definition) is 10. The van der Waals surface area contributed by atoms with E-state index in [0.717, 1.165) is 24.2 Å². The number of hydrogen-bond donors (Lipinski definition) is 2. The molecule has 0 fully saturated rings. The number of nitro groups is 3. The van der Waals surface area contributed by atoms with Crippen LogP contribution < -0.4 is 5.32 Å². The van der Waals surface area contributed by atoms with Gasteiger partial charge in [0.2, 0.25) is 0 Å². The summed E-state index contributed by atoms with van der Waals surface area (Å²) in [6, 6.07) is 24.1. The van der Waals surface area contributed by atoms with E-state index in [-0.39, 0.29) is 5.78 Å². The molecule has 41 heavy (non-hydrogen) atoms. The zero-order valence-corrected chi connectivity index (χ0v) is 21.3. The van der Waals surface area contributed by atoms with Crippen LogP contribution in [0.1, 0.15) is 21.5 Å². The number of nitro benzene ring substituents is 3.